The second kappa shape index (κ2) is 7.27. The van der Waals surface area contributed by atoms with Crippen LogP contribution in [0.1, 0.15) is 30.2 Å². The van der Waals surface area contributed by atoms with Crippen molar-refractivity contribution in [3.8, 4) is 0 Å². The van der Waals surface area contributed by atoms with Crippen LogP contribution in [0.4, 0.5) is 19.4 Å². The highest BCUT2D eigenvalue weighted by molar-refractivity contribution is 5.89. The lowest BCUT2D eigenvalue weighted by Gasteiger charge is -2.33. The summed E-state index contributed by atoms with van der Waals surface area (Å²) in [6.45, 7) is 6.56. The van der Waals surface area contributed by atoms with Gasteiger partial charge in [0.05, 0.1) is 0 Å². The first kappa shape index (κ1) is 18.1. The van der Waals surface area contributed by atoms with Crippen molar-refractivity contribution in [2.24, 2.45) is 5.92 Å². The summed E-state index contributed by atoms with van der Waals surface area (Å²) in [5, 5.41) is 6.59. The number of anilines is 1. The van der Waals surface area contributed by atoms with E-state index < -0.39 is 11.6 Å². The molecule has 0 spiro atoms. The molecule has 5 nitrogen and oxygen atoms in total. The molecular formula is C19H21F2N3O2. The molecule has 1 aromatic heterocycles. The second-order valence-corrected chi connectivity index (χ2v) is 6.60. The van der Waals surface area contributed by atoms with E-state index in [1.807, 2.05) is 13.8 Å². The molecule has 2 amide bonds. The Balaban J connectivity index is 1.68. The predicted molar refractivity (Wildman–Crippen MR) is 94.7 cm³/mol. The third-order valence-corrected chi connectivity index (χ3v) is 4.79. The highest BCUT2D eigenvalue weighted by atomic mass is 19.2. The highest BCUT2D eigenvalue weighted by Gasteiger charge is 2.25. The van der Waals surface area contributed by atoms with E-state index in [0.717, 1.165) is 17.2 Å². The Labute approximate surface area is 150 Å². The van der Waals surface area contributed by atoms with E-state index in [0.29, 0.717) is 31.1 Å². The van der Waals surface area contributed by atoms with Crippen LogP contribution in [0.2, 0.25) is 0 Å². The van der Waals surface area contributed by atoms with Crippen LogP contribution in [0.5, 0.6) is 0 Å². The van der Waals surface area contributed by atoms with Crippen molar-refractivity contribution in [1.82, 2.24) is 10.1 Å². The molecule has 138 valence electrons. The molecule has 1 saturated heterocycles. The van der Waals surface area contributed by atoms with Crippen molar-refractivity contribution in [3.05, 3.63) is 52.3 Å². The lowest BCUT2D eigenvalue weighted by atomic mass is 9.91. The number of benzene rings is 1. The van der Waals surface area contributed by atoms with Crippen LogP contribution in [0.15, 0.2) is 28.3 Å². The van der Waals surface area contributed by atoms with Gasteiger partial charge >= 0.3 is 6.03 Å². The molecule has 1 aromatic carbocycles. The Bertz CT molecular complexity index is 860. The monoisotopic (exact) mass is 361 g/mol. The summed E-state index contributed by atoms with van der Waals surface area (Å²) in [6.07, 6.45) is 2.28. The second-order valence-electron chi connectivity index (χ2n) is 6.60. The minimum absolute atomic E-state index is 0.0392. The quantitative estimate of drug-likeness (QED) is 0.855. The van der Waals surface area contributed by atoms with Crippen LogP contribution in [0.25, 0.3) is 6.08 Å². The van der Waals surface area contributed by atoms with Gasteiger partial charge in [-0.15, -0.1) is 0 Å². The van der Waals surface area contributed by atoms with Crippen LogP contribution in [-0.4, -0.2) is 29.2 Å². The van der Waals surface area contributed by atoms with Gasteiger partial charge in [-0.1, -0.05) is 35.9 Å². The first-order valence-corrected chi connectivity index (χ1v) is 8.50. The van der Waals surface area contributed by atoms with Gasteiger partial charge in [-0.3, -0.25) is 5.32 Å². The van der Waals surface area contributed by atoms with Crippen molar-refractivity contribution >= 4 is 17.9 Å². The van der Waals surface area contributed by atoms with E-state index in [9.17, 15) is 13.6 Å². The van der Waals surface area contributed by atoms with E-state index >= 15 is 0 Å². The van der Waals surface area contributed by atoms with E-state index in [1.54, 1.807) is 24.0 Å². The molecule has 0 saturated carbocycles. The van der Waals surface area contributed by atoms with Gasteiger partial charge in [-0.2, -0.15) is 0 Å². The van der Waals surface area contributed by atoms with E-state index in [-0.39, 0.29) is 17.5 Å². The zero-order valence-electron chi connectivity index (χ0n) is 15.0. The maximum Gasteiger partial charge on any atom is 0.323 e. The van der Waals surface area contributed by atoms with Gasteiger partial charge in [-0.25, -0.2) is 13.6 Å². The van der Waals surface area contributed by atoms with Gasteiger partial charge in [0.1, 0.15) is 5.76 Å². The Morgan fingerprint density at radius 1 is 1.38 bits per heavy atom. The smallest absolute Gasteiger partial charge is 0.323 e. The molecule has 1 unspecified atom stereocenters. The summed E-state index contributed by atoms with van der Waals surface area (Å²) in [5.41, 5.74) is 2.02. The Morgan fingerprint density at radius 3 is 2.81 bits per heavy atom. The number of nitrogens with one attached hydrogen (secondary N) is 1. The Morgan fingerprint density at radius 2 is 2.15 bits per heavy atom. The molecule has 26 heavy (non-hydrogen) atoms. The molecule has 1 N–H and O–H groups in total. The fourth-order valence-corrected chi connectivity index (χ4v) is 2.99. The van der Waals surface area contributed by atoms with E-state index in [2.05, 4.69) is 10.5 Å². The number of halogens is 2. The first-order valence-electron chi connectivity index (χ1n) is 8.50. The third-order valence-electron chi connectivity index (χ3n) is 4.79. The van der Waals surface area contributed by atoms with Crippen molar-refractivity contribution < 1.29 is 18.1 Å². The van der Waals surface area contributed by atoms with Crippen LogP contribution < -0.4 is 5.32 Å². The molecule has 1 atom stereocenters. The van der Waals surface area contributed by atoms with Crippen LogP contribution >= 0.6 is 0 Å². The molecule has 1 aliphatic heterocycles. The van der Waals surface area contributed by atoms with Gasteiger partial charge in [0, 0.05) is 24.2 Å². The molecule has 0 bridgehead atoms. The van der Waals surface area contributed by atoms with Crippen LogP contribution in [-0.2, 0) is 0 Å². The Hall–Kier alpha value is -2.70. The minimum atomic E-state index is -0.859. The minimum Gasteiger partial charge on any atom is -0.359 e. The average Bonchev–Trinajstić information content (AvgIpc) is 2.92. The number of piperidine rings is 1. The number of rotatable bonds is 2. The average molecular weight is 361 g/mol. The summed E-state index contributed by atoms with van der Waals surface area (Å²) in [6, 6.07) is 3.89. The fourth-order valence-electron chi connectivity index (χ4n) is 2.99. The summed E-state index contributed by atoms with van der Waals surface area (Å²) in [4.78, 5) is 14.1. The molecular weight excluding hydrogens is 340 g/mol. The SMILES string of the molecule is Cc1onc(NC(=O)N2CCC(=Cc3cccc(F)c3F)C(C)C2)c1C. The molecule has 7 heteroatoms. The topological polar surface area (TPSA) is 58.4 Å². The Kier molecular flexibility index (Phi) is 5.06. The van der Waals surface area contributed by atoms with Crippen LogP contribution in [0, 0.1) is 31.4 Å². The molecule has 0 radical (unpaired) electrons. The lowest BCUT2D eigenvalue weighted by Crippen LogP contribution is -2.42. The van der Waals surface area contributed by atoms with Crippen molar-refractivity contribution in [1.29, 1.82) is 0 Å². The normalized spacial score (nSPS) is 19.0. The number of urea groups is 1. The van der Waals surface area contributed by atoms with Crippen molar-refractivity contribution in [3.63, 3.8) is 0 Å². The highest BCUT2D eigenvalue weighted by Crippen LogP contribution is 2.27. The summed E-state index contributed by atoms with van der Waals surface area (Å²) >= 11 is 0. The van der Waals surface area contributed by atoms with Gasteiger partial charge in [-0.05, 0) is 32.3 Å². The number of carbonyl (C=O) groups excluding carboxylic acids is 1. The number of amides is 2. The van der Waals surface area contributed by atoms with E-state index in [4.69, 9.17) is 4.52 Å². The zero-order valence-corrected chi connectivity index (χ0v) is 15.0. The van der Waals surface area contributed by atoms with E-state index in [1.165, 1.54) is 6.07 Å². The maximum atomic E-state index is 13.9. The third kappa shape index (κ3) is 3.61. The molecule has 1 aliphatic rings. The molecule has 2 heterocycles. The standard InChI is InChI=1S/C19H21F2N3O2/c1-11-10-24(19(25)22-18-12(2)13(3)26-23-18)8-7-14(11)9-15-5-4-6-16(20)17(15)21/h4-6,9,11H,7-8,10H2,1-3H3,(H,22,23,25). The van der Waals surface area contributed by atoms with Crippen molar-refractivity contribution in [2.75, 3.05) is 18.4 Å². The largest absolute Gasteiger partial charge is 0.359 e. The maximum absolute atomic E-state index is 13.9. The number of nitrogens with zero attached hydrogens (tertiary/aromatic N) is 2. The molecule has 0 aliphatic carbocycles. The summed E-state index contributed by atoms with van der Waals surface area (Å²) < 4.78 is 32.3. The summed E-state index contributed by atoms with van der Waals surface area (Å²) in [7, 11) is 0. The number of likely N-dealkylation sites (tertiary alicyclic amines) is 1. The number of hydrogen-bond donors (Lipinski definition) is 1. The summed E-state index contributed by atoms with van der Waals surface area (Å²) in [5.74, 6) is -0.582. The number of aromatic nitrogens is 1. The first-order chi connectivity index (χ1) is 12.4. The molecule has 2 aromatic rings. The lowest BCUT2D eigenvalue weighted by molar-refractivity contribution is 0.197. The van der Waals surface area contributed by atoms with Crippen molar-refractivity contribution in [2.45, 2.75) is 27.2 Å². The molecule has 1 fully saturated rings. The number of aryl methyl sites for hydroxylation is 1. The fraction of sp³-hybridized carbons (Fsp3) is 0.368. The van der Waals surface area contributed by atoms with Gasteiger partial charge < -0.3 is 9.42 Å². The predicted octanol–water partition coefficient (Wildman–Crippen LogP) is 4.53. The zero-order chi connectivity index (χ0) is 18.8. The number of hydrogen-bond acceptors (Lipinski definition) is 3. The van der Waals surface area contributed by atoms with Gasteiger partial charge in [0.15, 0.2) is 17.5 Å². The van der Waals surface area contributed by atoms with Crippen LogP contribution in [0.3, 0.4) is 0 Å². The van der Waals surface area contributed by atoms with Gasteiger partial charge in [0.25, 0.3) is 0 Å². The molecule has 3 rings (SSSR count). The number of carbonyl (C=O) groups is 1. The van der Waals surface area contributed by atoms with Gasteiger partial charge in [0.2, 0.25) is 0 Å².